The number of aryl methyl sites for hydroxylation is 1. The SMILES string of the molecule is CC(C)CCC[C@@H](C)[C@H]1CC[C@H]2[C@@H]3CC(=O)[C@@H]4Cc5c(c6ccccc6n5C)C[C@]4(C)[C@H]3CC[C@]12C. The number of ketones is 1. The molecular weight excluding hydrogens is 438 g/mol. The van der Waals surface area contributed by atoms with Gasteiger partial charge in [0.2, 0.25) is 0 Å². The summed E-state index contributed by atoms with van der Waals surface area (Å²) in [6.45, 7) is 12.4. The standard InChI is InChI=1S/C34H49NO/c1-21(2)10-9-11-22(3)26-14-15-27-24-18-32(36)29-19-31-25(23-12-7-8-13-30(23)35(31)6)20-34(29,5)28(24)16-17-33(26,27)4/h7-8,12-13,21-22,24,26-29H,9-11,14-20H2,1-6H3/t22-,24+,26-,27+,28+,29+,33-,34-/m1/s1. The molecule has 0 aliphatic heterocycles. The fraction of sp³-hybridized carbons (Fsp3) is 0.735. The van der Waals surface area contributed by atoms with E-state index in [9.17, 15) is 4.79 Å². The van der Waals surface area contributed by atoms with E-state index in [1.165, 1.54) is 61.5 Å². The Morgan fingerprint density at radius 3 is 2.50 bits per heavy atom. The highest BCUT2D eigenvalue weighted by molar-refractivity contribution is 5.88. The largest absolute Gasteiger partial charge is 0.347 e. The van der Waals surface area contributed by atoms with E-state index in [4.69, 9.17) is 0 Å². The quantitative estimate of drug-likeness (QED) is 0.415. The Morgan fingerprint density at radius 2 is 1.72 bits per heavy atom. The molecule has 3 fully saturated rings. The van der Waals surface area contributed by atoms with E-state index >= 15 is 0 Å². The van der Waals surface area contributed by atoms with Gasteiger partial charge in [-0.1, -0.05) is 72.1 Å². The predicted octanol–water partition coefficient (Wildman–Crippen LogP) is 8.39. The van der Waals surface area contributed by atoms with Gasteiger partial charge < -0.3 is 4.57 Å². The molecule has 0 saturated heterocycles. The van der Waals surface area contributed by atoms with Gasteiger partial charge in [0.05, 0.1) is 0 Å². The lowest BCUT2D eigenvalue weighted by atomic mass is 9.44. The van der Waals surface area contributed by atoms with Crippen LogP contribution >= 0.6 is 0 Å². The zero-order valence-corrected chi connectivity index (χ0v) is 23.8. The van der Waals surface area contributed by atoms with Crippen LogP contribution in [-0.2, 0) is 24.7 Å². The molecule has 4 aliphatic rings. The lowest BCUT2D eigenvalue weighted by Crippen LogP contribution is -2.57. The second kappa shape index (κ2) is 8.74. The smallest absolute Gasteiger partial charge is 0.137 e. The molecule has 2 aromatic rings. The molecule has 0 spiro atoms. The summed E-state index contributed by atoms with van der Waals surface area (Å²) < 4.78 is 2.39. The second-order valence-electron chi connectivity index (χ2n) is 14.5. The maximum Gasteiger partial charge on any atom is 0.137 e. The number of benzene rings is 1. The fourth-order valence-corrected chi connectivity index (χ4v) is 10.6. The van der Waals surface area contributed by atoms with Crippen molar-refractivity contribution in [1.82, 2.24) is 4.57 Å². The Balaban J connectivity index is 1.29. The average Bonchev–Trinajstić information content (AvgIpc) is 3.32. The fourth-order valence-electron chi connectivity index (χ4n) is 10.6. The average molecular weight is 488 g/mol. The summed E-state index contributed by atoms with van der Waals surface area (Å²) in [5.41, 5.74) is 4.90. The summed E-state index contributed by atoms with van der Waals surface area (Å²) in [5, 5.41) is 1.43. The molecule has 196 valence electrons. The number of aromatic nitrogens is 1. The van der Waals surface area contributed by atoms with Crippen LogP contribution in [0.3, 0.4) is 0 Å². The zero-order valence-electron chi connectivity index (χ0n) is 23.8. The summed E-state index contributed by atoms with van der Waals surface area (Å²) in [6, 6.07) is 8.93. The molecule has 3 saturated carbocycles. The van der Waals surface area contributed by atoms with Crippen molar-refractivity contribution in [3.05, 3.63) is 35.5 Å². The van der Waals surface area contributed by atoms with Crippen LogP contribution in [0, 0.1) is 52.3 Å². The van der Waals surface area contributed by atoms with Gasteiger partial charge in [-0.3, -0.25) is 4.79 Å². The Labute approximate surface area is 219 Å². The van der Waals surface area contributed by atoms with E-state index in [1.54, 1.807) is 5.56 Å². The number of nitrogens with zero attached hydrogens (tertiary/aromatic N) is 1. The van der Waals surface area contributed by atoms with E-state index in [0.717, 1.165) is 42.9 Å². The first-order chi connectivity index (χ1) is 17.1. The molecule has 1 aromatic carbocycles. The zero-order chi connectivity index (χ0) is 25.4. The molecule has 8 atom stereocenters. The van der Waals surface area contributed by atoms with Crippen LogP contribution in [0.1, 0.15) is 97.2 Å². The lowest BCUT2D eigenvalue weighted by Gasteiger charge is -2.60. The van der Waals surface area contributed by atoms with E-state index < -0.39 is 0 Å². The third-order valence-electron chi connectivity index (χ3n) is 12.4. The van der Waals surface area contributed by atoms with Crippen LogP contribution in [0.4, 0.5) is 0 Å². The number of carbonyl (C=O) groups excluding carboxylic acids is 1. The minimum absolute atomic E-state index is 0.124. The van der Waals surface area contributed by atoms with Crippen molar-refractivity contribution in [2.45, 2.75) is 98.8 Å². The maximum atomic E-state index is 13.9. The van der Waals surface area contributed by atoms with Gasteiger partial charge in [0.1, 0.15) is 5.78 Å². The number of para-hydroxylation sites is 1. The molecule has 1 aromatic heterocycles. The molecule has 0 amide bonds. The van der Waals surface area contributed by atoms with Gasteiger partial charge in [-0.25, -0.2) is 0 Å². The van der Waals surface area contributed by atoms with Crippen molar-refractivity contribution < 1.29 is 4.79 Å². The Morgan fingerprint density at radius 1 is 0.972 bits per heavy atom. The molecule has 2 heteroatoms. The first-order valence-corrected chi connectivity index (χ1v) is 15.2. The number of hydrogen-bond acceptors (Lipinski definition) is 1. The minimum atomic E-state index is 0.124. The molecule has 4 aliphatic carbocycles. The monoisotopic (exact) mass is 487 g/mol. The van der Waals surface area contributed by atoms with Gasteiger partial charge in [0.25, 0.3) is 0 Å². The molecule has 1 heterocycles. The highest BCUT2D eigenvalue weighted by Gasteiger charge is 2.62. The topological polar surface area (TPSA) is 22.0 Å². The van der Waals surface area contributed by atoms with Crippen LogP contribution in [0.15, 0.2) is 24.3 Å². The summed E-state index contributed by atoms with van der Waals surface area (Å²) in [6.07, 6.45) is 12.5. The normalized spacial score (nSPS) is 38.5. The first-order valence-electron chi connectivity index (χ1n) is 15.2. The third-order valence-corrected chi connectivity index (χ3v) is 12.4. The Kier molecular flexibility index (Phi) is 6.01. The lowest BCUT2D eigenvalue weighted by molar-refractivity contribution is -0.150. The summed E-state index contributed by atoms with van der Waals surface area (Å²) in [4.78, 5) is 13.9. The Hall–Kier alpha value is -1.57. The van der Waals surface area contributed by atoms with Crippen molar-refractivity contribution in [2.75, 3.05) is 0 Å². The number of fused-ring (bicyclic) bond motifs is 8. The van der Waals surface area contributed by atoms with Crippen molar-refractivity contribution in [2.24, 2.45) is 59.3 Å². The molecule has 2 nitrogen and oxygen atoms in total. The van der Waals surface area contributed by atoms with Gasteiger partial charge in [0, 0.05) is 36.0 Å². The van der Waals surface area contributed by atoms with Gasteiger partial charge in [-0.2, -0.15) is 0 Å². The number of rotatable bonds is 5. The van der Waals surface area contributed by atoms with E-state index in [0.29, 0.717) is 23.0 Å². The third kappa shape index (κ3) is 3.52. The maximum absolute atomic E-state index is 13.9. The summed E-state index contributed by atoms with van der Waals surface area (Å²) in [7, 11) is 2.22. The molecule has 0 bridgehead atoms. The van der Waals surface area contributed by atoms with Crippen LogP contribution in [0.25, 0.3) is 10.9 Å². The summed E-state index contributed by atoms with van der Waals surface area (Å²) in [5.74, 6) is 5.38. The molecule has 0 N–H and O–H groups in total. The van der Waals surface area contributed by atoms with Crippen molar-refractivity contribution >= 4 is 16.7 Å². The van der Waals surface area contributed by atoms with Gasteiger partial charge in [-0.05, 0) is 96.5 Å². The molecule has 36 heavy (non-hydrogen) atoms. The minimum Gasteiger partial charge on any atom is -0.347 e. The van der Waals surface area contributed by atoms with Gasteiger partial charge in [-0.15, -0.1) is 0 Å². The first kappa shape index (κ1) is 24.7. The van der Waals surface area contributed by atoms with Crippen LogP contribution in [0.5, 0.6) is 0 Å². The number of Topliss-reactive ketones (excluding diaryl/α,β-unsaturated/α-hetero) is 1. The van der Waals surface area contributed by atoms with E-state index in [1.807, 2.05) is 0 Å². The highest BCUT2D eigenvalue weighted by Crippen LogP contribution is 2.67. The van der Waals surface area contributed by atoms with Crippen molar-refractivity contribution in [3.63, 3.8) is 0 Å². The van der Waals surface area contributed by atoms with Crippen LogP contribution in [0.2, 0.25) is 0 Å². The number of carbonyl (C=O) groups is 1. The predicted molar refractivity (Wildman–Crippen MR) is 150 cm³/mol. The highest BCUT2D eigenvalue weighted by atomic mass is 16.1. The molecule has 6 rings (SSSR count). The molecular formula is C34H49NO. The number of hydrogen-bond donors (Lipinski definition) is 0. The molecule has 0 radical (unpaired) electrons. The second-order valence-corrected chi connectivity index (χ2v) is 14.5. The summed E-state index contributed by atoms with van der Waals surface area (Å²) >= 11 is 0. The molecule has 0 unspecified atom stereocenters. The van der Waals surface area contributed by atoms with E-state index in [-0.39, 0.29) is 11.3 Å². The van der Waals surface area contributed by atoms with Crippen LogP contribution < -0.4 is 0 Å². The van der Waals surface area contributed by atoms with Gasteiger partial charge >= 0.3 is 0 Å². The van der Waals surface area contributed by atoms with Crippen LogP contribution in [-0.4, -0.2) is 10.4 Å². The van der Waals surface area contributed by atoms with Crippen molar-refractivity contribution in [1.29, 1.82) is 0 Å². The van der Waals surface area contributed by atoms with Crippen molar-refractivity contribution in [3.8, 4) is 0 Å². The van der Waals surface area contributed by atoms with Gasteiger partial charge in [0.15, 0.2) is 0 Å². The van der Waals surface area contributed by atoms with E-state index in [2.05, 4.69) is 70.5 Å². The Bertz CT molecular complexity index is 1160.